The molecule has 0 saturated carbocycles. The number of methoxy groups -OCH3 is 1. The van der Waals surface area contributed by atoms with Crippen LogP contribution in [0.4, 0.5) is 4.79 Å². The number of aliphatic imine (C=N–C) groups is 1. The first-order valence-corrected chi connectivity index (χ1v) is 9.31. The Balaban J connectivity index is 2.35. The zero-order valence-electron chi connectivity index (χ0n) is 16.8. The van der Waals surface area contributed by atoms with Crippen LogP contribution in [-0.4, -0.2) is 42.3 Å². The van der Waals surface area contributed by atoms with Crippen LogP contribution in [0.25, 0.3) is 0 Å². The SMILES string of the molecule is COC1=N[C@H](C(C)(C)C)N(C(=O)OC(C)(C)C)C[C@H]1[C@H]1C=CCCC1. The number of rotatable bonds is 1. The van der Waals surface area contributed by atoms with E-state index in [1.807, 2.05) is 20.8 Å². The van der Waals surface area contributed by atoms with Crippen LogP contribution in [0.1, 0.15) is 60.8 Å². The van der Waals surface area contributed by atoms with Gasteiger partial charge in [0.2, 0.25) is 0 Å². The van der Waals surface area contributed by atoms with Crippen molar-refractivity contribution in [3.63, 3.8) is 0 Å². The first-order valence-electron chi connectivity index (χ1n) is 9.31. The number of amides is 1. The first-order chi connectivity index (χ1) is 11.5. The van der Waals surface area contributed by atoms with Crippen molar-refractivity contribution in [2.75, 3.05) is 13.7 Å². The molecular formula is C20H34N2O3. The molecule has 3 atom stereocenters. The molecule has 2 aliphatic rings. The Bertz CT molecular complexity index is 540. The molecule has 1 amide bonds. The average molecular weight is 351 g/mol. The predicted molar refractivity (Wildman–Crippen MR) is 101 cm³/mol. The summed E-state index contributed by atoms with van der Waals surface area (Å²) < 4.78 is 11.3. The third kappa shape index (κ3) is 4.99. The molecule has 0 radical (unpaired) electrons. The molecule has 0 aromatic heterocycles. The van der Waals surface area contributed by atoms with E-state index in [1.165, 1.54) is 6.42 Å². The Morgan fingerprint density at radius 3 is 2.40 bits per heavy atom. The Labute approximate surface area is 152 Å². The zero-order chi connectivity index (χ0) is 18.8. The fourth-order valence-electron chi connectivity index (χ4n) is 3.53. The number of nitrogens with zero attached hydrogens (tertiary/aromatic N) is 2. The maximum atomic E-state index is 12.9. The van der Waals surface area contributed by atoms with E-state index in [0.29, 0.717) is 12.5 Å². The lowest BCUT2D eigenvalue weighted by atomic mass is 9.81. The van der Waals surface area contributed by atoms with E-state index in [1.54, 1.807) is 12.0 Å². The summed E-state index contributed by atoms with van der Waals surface area (Å²) in [6, 6.07) is 0. The molecule has 1 aliphatic heterocycles. The quantitative estimate of drug-likeness (QED) is 0.648. The second kappa shape index (κ2) is 7.38. The number of carbonyl (C=O) groups excluding carboxylic acids is 1. The van der Waals surface area contributed by atoms with Gasteiger partial charge in [0.25, 0.3) is 0 Å². The highest BCUT2D eigenvalue weighted by Gasteiger charge is 2.43. The van der Waals surface area contributed by atoms with E-state index in [2.05, 4.69) is 32.9 Å². The normalized spacial score (nSPS) is 27.7. The number of ether oxygens (including phenoxy) is 2. The minimum atomic E-state index is -0.523. The summed E-state index contributed by atoms with van der Waals surface area (Å²) in [5.41, 5.74) is -0.723. The van der Waals surface area contributed by atoms with Crippen molar-refractivity contribution in [1.82, 2.24) is 4.90 Å². The van der Waals surface area contributed by atoms with Gasteiger partial charge in [0.05, 0.1) is 13.0 Å². The van der Waals surface area contributed by atoms with Gasteiger partial charge in [0.15, 0.2) is 5.90 Å². The summed E-state index contributed by atoms with van der Waals surface area (Å²) in [4.78, 5) is 19.5. The molecule has 0 fully saturated rings. The van der Waals surface area contributed by atoms with Crippen LogP contribution >= 0.6 is 0 Å². The van der Waals surface area contributed by atoms with Crippen molar-refractivity contribution < 1.29 is 14.3 Å². The summed E-state index contributed by atoms with van der Waals surface area (Å²) in [6.45, 7) is 12.5. The lowest BCUT2D eigenvalue weighted by molar-refractivity contribution is -0.00538. The van der Waals surface area contributed by atoms with Gasteiger partial charge in [-0.3, -0.25) is 4.90 Å². The van der Waals surface area contributed by atoms with Gasteiger partial charge in [-0.25, -0.2) is 9.79 Å². The van der Waals surface area contributed by atoms with Crippen molar-refractivity contribution in [2.45, 2.75) is 72.6 Å². The van der Waals surface area contributed by atoms with Crippen molar-refractivity contribution in [3.8, 4) is 0 Å². The van der Waals surface area contributed by atoms with Crippen molar-refractivity contribution in [3.05, 3.63) is 12.2 Å². The number of hydrogen-bond donors (Lipinski definition) is 0. The largest absolute Gasteiger partial charge is 0.484 e. The number of allylic oxidation sites excluding steroid dienone is 2. The topological polar surface area (TPSA) is 51.1 Å². The standard InChI is InChI=1S/C20H34N2O3/c1-19(2,3)17-21-16(24-7)15(14-11-9-8-10-12-14)13-22(17)18(23)25-20(4,5)6/h9,11,14-15,17H,8,10,12-13H2,1-7H3/t14-,15-,17-/m0/s1. The lowest BCUT2D eigenvalue weighted by Crippen LogP contribution is -2.55. The van der Waals surface area contributed by atoms with E-state index < -0.39 is 5.60 Å². The van der Waals surface area contributed by atoms with Gasteiger partial charge < -0.3 is 9.47 Å². The molecule has 0 saturated heterocycles. The molecule has 1 aliphatic carbocycles. The van der Waals surface area contributed by atoms with Crippen LogP contribution < -0.4 is 0 Å². The number of carbonyl (C=O) groups is 1. The van der Waals surface area contributed by atoms with Gasteiger partial charge in [-0.2, -0.15) is 0 Å². The summed E-state index contributed by atoms with van der Waals surface area (Å²) in [5.74, 6) is 1.21. The van der Waals surface area contributed by atoms with E-state index in [9.17, 15) is 4.79 Å². The highest BCUT2D eigenvalue weighted by Crippen LogP contribution is 2.36. The van der Waals surface area contributed by atoms with Gasteiger partial charge in [-0.15, -0.1) is 0 Å². The van der Waals surface area contributed by atoms with Crippen molar-refractivity contribution in [2.24, 2.45) is 22.2 Å². The molecule has 1 heterocycles. The average Bonchev–Trinajstić information content (AvgIpc) is 2.52. The van der Waals surface area contributed by atoms with E-state index in [0.717, 1.165) is 18.7 Å². The fourth-order valence-corrected chi connectivity index (χ4v) is 3.53. The van der Waals surface area contributed by atoms with Gasteiger partial charge in [-0.05, 0) is 46.0 Å². The van der Waals surface area contributed by atoms with Crippen LogP contribution in [0.5, 0.6) is 0 Å². The molecule has 142 valence electrons. The Kier molecular flexibility index (Phi) is 5.85. The third-order valence-corrected chi connectivity index (χ3v) is 4.68. The molecule has 0 aromatic rings. The highest BCUT2D eigenvalue weighted by atomic mass is 16.6. The molecule has 5 heteroatoms. The number of hydrogen-bond acceptors (Lipinski definition) is 4. The highest BCUT2D eigenvalue weighted by molar-refractivity contribution is 5.82. The first kappa shape index (κ1) is 19.8. The Hall–Kier alpha value is -1.52. The van der Waals surface area contributed by atoms with E-state index in [-0.39, 0.29) is 23.6 Å². The van der Waals surface area contributed by atoms with Crippen LogP contribution in [0, 0.1) is 17.3 Å². The predicted octanol–water partition coefficient (Wildman–Crippen LogP) is 4.63. The Morgan fingerprint density at radius 1 is 1.24 bits per heavy atom. The monoisotopic (exact) mass is 350 g/mol. The molecule has 0 aromatic carbocycles. The third-order valence-electron chi connectivity index (χ3n) is 4.68. The minimum absolute atomic E-state index is 0.0904. The molecule has 0 N–H and O–H groups in total. The van der Waals surface area contributed by atoms with Crippen molar-refractivity contribution >= 4 is 12.0 Å². The summed E-state index contributed by atoms with van der Waals surface area (Å²) in [6.07, 6.45) is 7.30. The lowest BCUT2D eigenvalue weighted by Gasteiger charge is -2.44. The Morgan fingerprint density at radius 2 is 1.92 bits per heavy atom. The molecule has 0 unspecified atom stereocenters. The fraction of sp³-hybridized carbons (Fsp3) is 0.800. The molecule has 5 nitrogen and oxygen atoms in total. The van der Waals surface area contributed by atoms with Crippen LogP contribution in [0.3, 0.4) is 0 Å². The second-order valence-electron chi connectivity index (χ2n) is 9.17. The maximum absolute atomic E-state index is 12.9. The van der Waals surface area contributed by atoms with E-state index >= 15 is 0 Å². The smallest absolute Gasteiger partial charge is 0.412 e. The summed E-state index contributed by atoms with van der Waals surface area (Å²) >= 11 is 0. The van der Waals surface area contributed by atoms with Crippen LogP contribution in [-0.2, 0) is 9.47 Å². The molecule has 0 spiro atoms. The molecule has 25 heavy (non-hydrogen) atoms. The van der Waals surface area contributed by atoms with E-state index in [4.69, 9.17) is 14.5 Å². The minimum Gasteiger partial charge on any atom is -0.484 e. The molecular weight excluding hydrogens is 316 g/mol. The summed E-state index contributed by atoms with van der Waals surface area (Å²) in [5, 5.41) is 0. The van der Waals surface area contributed by atoms with Gasteiger partial charge in [0.1, 0.15) is 11.8 Å². The summed E-state index contributed by atoms with van der Waals surface area (Å²) in [7, 11) is 1.68. The molecule has 2 rings (SSSR count). The van der Waals surface area contributed by atoms with Crippen LogP contribution in [0.2, 0.25) is 0 Å². The maximum Gasteiger partial charge on any atom is 0.412 e. The molecule has 0 bridgehead atoms. The van der Waals surface area contributed by atoms with Gasteiger partial charge in [-0.1, -0.05) is 32.9 Å². The van der Waals surface area contributed by atoms with Crippen LogP contribution in [0.15, 0.2) is 17.1 Å². The van der Waals surface area contributed by atoms with Crippen molar-refractivity contribution in [1.29, 1.82) is 0 Å². The second-order valence-corrected chi connectivity index (χ2v) is 9.17. The zero-order valence-corrected chi connectivity index (χ0v) is 16.8. The van der Waals surface area contributed by atoms with Gasteiger partial charge >= 0.3 is 6.09 Å². The van der Waals surface area contributed by atoms with Gasteiger partial charge in [0, 0.05) is 12.0 Å².